The molecule has 5 heteroatoms. The summed E-state index contributed by atoms with van der Waals surface area (Å²) in [5.74, 6) is -0.237. The van der Waals surface area contributed by atoms with E-state index < -0.39 is 5.82 Å². The van der Waals surface area contributed by atoms with Crippen molar-refractivity contribution in [3.8, 4) is 5.75 Å². The third-order valence-corrected chi connectivity index (χ3v) is 3.82. The largest absolute Gasteiger partial charge is 0.494 e. The fraction of sp³-hybridized carbons (Fsp3) is 0.316. The van der Waals surface area contributed by atoms with Crippen LogP contribution in [-0.4, -0.2) is 31.5 Å². The molecule has 0 aromatic heterocycles. The summed E-state index contributed by atoms with van der Waals surface area (Å²) in [7, 11) is 3.26. The minimum atomic E-state index is -0.396. The zero-order valence-electron chi connectivity index (χ0n) is 14.3. The Kier molecular flexibility index (Phi) is 6.32. The van der Waals surface area contributed by atoms with Crippen LogP contribution in [0.5, 0.6) is 5.75 Å². The topological polar surface area (TPSA) is 41.6 Å². The van der Waals surface area contributed by atoms with Crippen LogP contribution in [0.3, 0.4) is 0 Å². The molecule has 2 aromatic rings. The number of nitrogens with one attached hydrogen (secondary N) is 1. The fourth-order valence-corrected chi connectivity index (χ4v) is 2.48. The molecule has 0 atom stereocenters. The van der Waals surface area contributed by atoms with E-state index in [1.807, 2.05) is 43.1 Å². The van der Waals surface area contributed by atoms with Gasteiger partial charge in [-0.25, -0.2) is 4.39 Å². The van der Waals surface area contributed by atoms with Gasteiger partial charge in [0.05, 0.1) is 13.7 Å². The van der Waals surface area contributed by atoms with Crippen molar-refractivity contribution in [1.82, 2.24) is 10.2 Å². The number of hydrogen-bond acceptors (Lipinski definition) is 3. The van der Waals surface area contributed by atoms with Crippen LogP contribution >= 0.6 is 0 Å². The molecule has 0 aliphatic rings. The summed E-state index contributed by atoms with van der Waals surface area (Å²) in [6, 6.07) is 12.8. The van der Waals surface area contributed by atoms with Crippen LogP contribution in [0.1, 0.15) is 16.7 Å². The number of benzene rings is 2. The quantitative estimate of drug-likeness (QED) is 0.849. The summed E-state index contributed by atoms with van der Waals surface area (Å²) in [6.45, 7) is 3.26. The van der Waals surface area contributed by atoms with Crippen LogP contribution in [-0.2, 0) is 17.9 Å². The first-order chi connectivity index (χ1) is 11.5. The Labute approximate surface area is 142 Å². The maximum atomic E-state index is 13.7. The molecule has 0 aliphatic heterocycles. The Morgan fingerprint density at radius 3 is 2.67 bits per heavy atom. The van der Waals surface area contributed by atoms with Crippen molar-refractivity contribution in [3.63, 3.8) is 0 Å². The van der Waals surface area contributed by atoms with Gasteiger partial charge in [0.15, 0.2) is 11.6 Å². The molecule has 0 fully saturated rings. The van der Waals surface area contributed by atoms with E-state index >= 15 is 0 Å². The van der Waals surface area contributed by atoms with E-state index in [0.29, 0.717) is 13.1 Å². The highest BCUT2D eigenvalue weighted by molar-refractivity contribution is 5.78. The van der Waals surface area contributed by atoms with E-state index in [0.717, 1.165) is 16.7 Å². The number of amides is 1. The standard InChI is InChI=1S/C19H23FN2O2/c1-14-6-4-5-7-16(14)11-21-19(23)13-22(2)12-15-8-9-18(24-3)17(20)10-15/h4-10H,11-13H2,1-3H3,(H,21,23). The van der Waals surface area contributed by atoms with Gasteiger partial charge in [-0.05, 0) is 42.8 Å². The van der Waals surface area contributed by atoms with Crippen molar-refractivity contribution in [1.29, 1.82) is 0 Å². The average molecular weight is 330 g/mol. The second-order valence-corrected chi connectivity index (χ2v) is 5.84. The lowest BCUT2D eigenvalue weighted by Crippen LogP contribution is -2.34. The van der Waals surface area contributed by atoms with Crippen molar-refractivity contribution in [2.75, 3.05) is 20.7 Å². The molecule has 2 rings (SSSR count). The third-order valence-electron chi connectivity index (χ3n) is 3.82. The summed E-state index contributed by atoms with van der Waals surface area (Å²) in [6.07, 6.45) is 0. The van der Waals surface area contributed by atoms with Gasteiger partial charge in [0.1, 0.15) is 0 Å². The highest BCUT2D eigenvalue weighted by atomic mass is 19.1. The molecule has 0 heterocycles. The third kappa shape index (κ3) is 5.06. The summed E-state index contributed by atoms with van der Waals surface area (Å²) < 4.78 is 18.6. The number of ether oxygens (including phenoxy) is 1. The van der Waals surface area contributed by atoms with Gasteiger partial charge in [-0.3, -0.25) is 9.69 Å². The van der Waals surface area contributed by atoms with Crippen molar-refractivity contribution in [2.45, 2.75) is 20.0 Å². The lowest BCUT2D eigenvalue weighted by Gasteiger charge is -2.17. The number of carbonyl (C=O) groups excluding carboxylic acids is 1. The SMILES string of the molecule is COc1ccc(CN(C)CC(=O)NCc2ccccc2C)cc1F. The van der Waals surface area contributed by atoms with Crippen molar-refractivity contribution < 1.29 is 13.9 Å². The molecule has 0 spiro atoms. The Hall–Kier alpha value is -2.40. The molecule has 0 saturated carbocycles. The molecule has 0 bridgehead atoms. The Morgan fingerprint density at radius 2 is 2.00 bits per heavy atom. The minimum Gasteiger partial charge on any atom is -0.494 e. The van der Waals surface area contributed by atoms with Gasteiger partial charge < -0.3 is 10.1 Å². The number of carbonyl (C=O) groups is 1. The van der Waals surface area contributed by atoms with Gasteiger partial charge in [0.25, 0.3) is 0 Å². The van der Waals surface area contributed by atoms with E-state index in [9.17, 15) is 9.18 Å². The van der Waals surface area contributed by atoms with Crippen molar-refractivity contribution in [2.24, 2.45) is 0 Å². The predicted molar refractivity (Wildman–Crippen MR) is 92.3 cm³/mol. The molecule has 0 aliphatic carbocycles. The van der Waals surface area contributed by atoms with Crippen LogP contribution < -0.4 is 10.1 Å². The normalized spacial score (nSPS) is 10.7. The smallest absolute Gasteiger partial charge is 0.234 e. The van der Waals surface area contributed by atoms with Crippen LogP contribution in [0.4, 0.5) is 4.39 Å². The fourth-order valence-electron chi connectivity index (χ4n) is 2.48. The average Bonchev–Trinajstić information content (AvgIpc) is 2.54. The van der Waals surface area contributed by atoms with Crippen LogP contribution in [0.2, 0.25) is 0 Å². The van der Waals surface area contributed by atoms with E-state index in [2.05, 4.69) is 5.32 Å². The first-order valence-corrected chi connectivity index (χ1v) is 7.81. The molecule has 128 valence electrons. The number of rotatable bonds is 7. The summed E-state index contributed by atoms with van der Waals surface area (Å²) in [4.78, 5) is 13.9. The van der Waals surface area contributed by atoms with Crippen molar-refractivity contribution in [3.05, 3.63) is 65.0 Å². The van der Waals surface area contributed by atoms with Gasteiger partial charge in [-0.1, -0.05) is 30.3 Å². The number of halogens is 1. The number of nitrogens with zero attached hydrogens (tertiary/aromatic N) is 1. The molecule has 1 N–H and O–H groups in total. The number of aryl methyl sites for hydroxylation is 1. The molecule has 2 aromatic carbocycles. The summed E-state index contributed by atoms with van der Waals surface area (Å²) in [5.41, 5.74) is 3.05. The van der Waals surface area contributed by atoms with E-state index in [-0.39, 0.29) is 18.2 Å². The van der Waals surface area contributed by atoms with E-state index in [1.54, 1.807) is 12.1 Å². The second kappa shape index (κ2) is 8.45. The molecule has 4 nitrogen and oxygen atoms in total. The minimum absolute atomic E-state index is 0.0604. The zero-order valence-corrected chi connectivity index (χ0v) is 14.3. The van der Waals surface area contributed by atoms with Gasteiger partial charge >= 0.3 is 0 Å². The highest BCUT2D eigenvalue weighted by Crippen LogP contribution is 2.18. The van der Waals surface area contributed by atoms with Gasteiger partial charge in [0, 0.05) is 13.1 Å². The number of likely N-dealkylation sites (N-methyl/N-ethyl adjacent to an activating group) is 1. The maximum Gasteiger partial charge on any atom is 0.234 e. The monoisotopic (exact) mass is 330 g/mol. The number of hydrogen-bond donors (Lipinski definition) is 1. The Bertz CT molecular complexity index is 704. The highest BCUT2D eigenvalue weighted by Gasteiger charge is 2.09. The molecule has 0 unspecified atom stereocenters. The van der Waals surface area contributed by atoms with Crippen LogP contribution in [0.15, 0.2) is 42.5 Å². The molecular weight excluding hydrogens is 307 g/mol. The Balaban J connectivity index is 1.83. The molecule has 0 radical (unpaired) electrons. The van der Waals surface area contributed by atoms with Gasteiger partial charge in [-0.15, -0.1) is 0 Å². The summed E-state index contributed by atoms with van der Waals surface area (Å²) >= 11 is 0. The number of methoxy groups -OCH3 is 1. The van der Waals surface area contributed by atoms with Gasteiger partial charge in [0.2, 0.25) is 5.91 Å². The van der Waals surface area contributed by atoms with Gasteiger partial charge in [-0.2, -0.15) is 0 Å². The van der Waals surface area contributed by atoms with E-state index in [4.69, 9.17) is 4.74 Å². The van der Waals surface area contributed by atoms with Crippen LogP contribution in [0.25, 0.3) is 0 Å². The maximum absolute atomic E-state index is 13.7. The zero-order chi connectivity index (χ0) is 17.5. The lowest BCUT2D eigenvalue weighted by molar-refractivity contribution is -0.122. The first kappa shape index (κ1) is 17.9. The lowest BCUT2D eigenvalue weighted by atomic mass is 10.1. The Morgan fingerprint density at radius 1 is 1.25 bits per heavy atom. The van der Waals surface area contributed by atoms with Crippen molar-refractivity contribution >= 4 is 5.91 Å². The molecular formula is C19H23FN2O2. The van der Waals surface area contributed by atoms with E-state index in [1.165, 1.54) is 13.2 Å². The molecule has 24 heavy (non-hydrogen) atoms. The predicted octanol–water partition coefficient (Wildman–Crippen LogP) is 2.89. The molecule has 0 saturated heterocycles. The summed E-state index contributed by atoms with van der Waals surface area (Å²) in [5, 5.41) is 2.91. The second-order valence-electron chi connectivity index (χ2n) is 5.84. The molecule has 1 amide bonds. The first-order valence-electron chi connectivity index (χ1n) is 7.81. The van der Waals surface area contributed by atoms with Crippen LogP contribution in [0, 0.1) is 12.7 Å².